The molecule has 1 unspecified atom stereocenters. The highest BCUT2D eigenvalue weighted by molar-refractivity contribution is 7.93. The quantitative estimate of drug-likeness (QED) is 0.783. The average Bonchev–Trinajstić information content (AvgIpc) is 2.41. The topological polar surface area (TPSA) is 68.3 Å². The maximum absolute atomic E-state index is 12.4. The molecule has 1 aromatic rings. The van der Waals surface area contributed by atoms with Crippen LogP contribution in [0, 0.1) is 0 Å². The van der Waals surface area contributed by atoms with Gasteiger partial charge in [-0.1, -0.05) is 0 Å². The van der Waals surface area contributed by atoms with Crippen molar-refractivity contribution in [2.24, 2.45) is 0 Å². The Morgan fingerprint density at radius 2 is 1.62 bits per heavy atom. The van der Waals surface area contributed by atoms with Crippen LogP contribution in [0.3, 0.4) is 0 Å². The standard InChI is InChI=1S/C13H11F3O4S/c14-13(15,16)8-4-6-9(7-5-8)21(19,20)11-3-1-2-10(17)12(11)18/h4-7,11H,1-3H2. The van der Waals surface area contributed by atoms with Crippen LogP contribution in [0.4, 0.5) is 13.2 Å². The molecular weight excluding hydrogens is 309 g/mol. The summed E-state index contributed by atoms with van der Waals surface area (Å²) in [5.74, 6) is -1.73. The van der Waals surface area contributed by atoms with Crippen LogP contribution in [0.25, 0.3) is 0 Å². The fourth-order valence-corrected chi connectivity index (χ4v) is 3.91. The van der Waals surface area contributed by atoms with E-state index in [0.29, 0.717) is 12.1 Å². The Labute approximate surface area is 118 Å². The van der Waals surface area contributed by atoms with Crippen LogP contribution in [0.1, 0.15) is 24.8 Å². The summed E-state index contributed by atoms with van der Waals surface area (Å²) in [5.41, 5.74) is -0.979. The number of halogens is 3. The molecule has 1 atom stereocenters. The first-order valence-electron chi connectivity index (χ1n) is 6.12. The van der Waals surface area contributed by atoms with Crippen molar-refractivity contribution in [2.45, 2.75) is 35.6 Å². The van der Waals surface area contributed by atoms with Crippen molar-refractivity contribution in [1.82, 2.24) is 0 Å². The van der Waals surface area contributed by atoms with Gasteiger partial charge < -0.3 is 0 Å². The number of rotatable bonds is 2. The number of hydrogen-bond acceptors (Lipinski definition) is 4. The predicted molar refractivity (Wildman–Crippen MR) is 66.3 cm³/mol. The second kappa shape index (κ2) is 5.25. The van der Waals surface area contributed by atoms with Gasteiger partial charge in [-0.15, -0.1) is 0 Å². The molecule has 0 radical (unpaired) electrons. The molecule has 0 N–H and O–H groups in total. The number of benzene rings is 1. The fourth-order valence-electron chi connectivity index (χ4n) is 2.18. The molecule has 4 nitrogen and oxygen atoms in total. The number of carbonyl (C=O) groups is 2. The Morgan fingerprint density at radius 3 is 2.14 bits per heavy atom. The largest absolute Gasteiger partial charge is 0.416 e. The van der Waals surface area contributed by atoms with Gasteiger partial charge in [0.15, 0.2) is 15.6 Å². The molecule has 21 heavy (non-hydrogen) atoms. The van der Waals surface area contributed by atoms with E-state index >= 15 is 0 Å². The van der Waals surface area contributed by atoms with E-state index in [2.05, 4.69) is 0 Å². The Balaban J connectivity index is 2.36. The van der Waals surface area contributed by atoms with Crippen LogP contribution in [-0.2, 0) is 25.6 Å². The minimum atomic E-state index is -4.57. The van der Waals surface area contributed by atoms with E-state index < -0.39 is 38.4 Å². The zero-order chi connectivity index (χ0) is 15.8. The Kier molecular flexibility index (Phi) is 3.92. The van der Waals surface area contributed by atoms with Gasteiger partial charge in [-0.3, -0.25) is 9.59 Å². The highest BCUT2D eigenvalue weighted by Gasteiger charge is 2.40. The second-order valence-corrected chi connectivity index (χ2v) is 6.87. The van der Waals surface area contributed by atoms with Crippen LogP contribution in [0.2, 0.25) is 0 Å². The van der Waals surface area contributed by atoms with Crippen molar-refractivity contribution in [3.63, 3.8) is 0 Å². The first-order chi connectivity index (χ1) is 9.64. The summed E-state index contributed by atoms with van der Waals surface area (Å²) in [6, 6.07) is 2.90. The van der Waals surface area contributed by atoms with Crippen molar-refractivity contribution in [2.75, 3.05) is 0 Å². The van der Waals surface area contributed by atoms with Crippen molar-refractivity contribution in [3.05, 3.63) is 29.8 Å². The molecule has 114 valence electrons. The van der Waals surface area contributed by atoms with Crippen molar-refractivity contribution >= 4 is 21.4 Å². The van der Waals surface area contributed by atoms with E-state index in [9.17, 15) is 31.2 Å². The predicted octanol–water partition coefficient (Wildman–Crippen LogP) is 2.17. The normalized spacial score (nSPS) is 20.6. The minimum Gasteiger partial charge on any atom is -0.291 e. The van der Waals surface area contributed by atoms with Gasteiger partial charge in [0.2, 0.25) is 5.78 Å². The fraction of sp³-hybridized carbons (Fsp3) is 0.385. The number of sulfone groups is 1. The summed E-state index contributed by atoms with van der Waals surface area (Å²) in [6.07, 6.45) is -4.28. The van der Waals surface area contributed by atoms with Gasteiger partial charge in [-0.25, -0.2) is 8.42 Å². The molecule has 0 aromatic heterocycles. The molecule has 8 heteroatoms. The summed E-state index contributed by atoms with van der Waals surface area (Å²) in [6.45, 7) is 0. The third-order valence-electron chi connectivity index (χ3n) is 3.32. The molecule has 2 rings (SSSR count). The van der Waals surface area contributed by atoms with E-state index in [0.717, 1.165) is 12.1 Å². The van der Waals surface area contributed by atoms with Crippen LogP contribution in [0.15, 0.2) is 29.2 Å². The molecule has 0 heterocycles. The number of hydrogen-bond donors (Lipinski definition) is 0. The van der Waals surface area contributed by atoms with E-state index in [4.69, 9.17) is 0 Å². The molecule has 1 aliphatic carbocycles. The zero-order valence-electron chi connectivity index (χ0n) is 10.7. The van der Waals surface area contributed by atoms with E-state index in [1.165, 1.54) is 0 Å². The van der Waals surface area contributed by atoms with Gasteiger partial charge >= 0.3 is 6.18 Å². The van der Waals surface area contributed by atoms with Gasteiger partial charge in [0.1, 0.15) is 5.25 Å². The number of Topliss-reactive ketones (excluding diaryl/α,β-unsaturated/α-hetero) is 2. The second-order valence-electron chi connectivity index (χ2n) is 4.74. The summed E-state index contributed by atoms with van der Waals surface area (Å²) in [4.78, 5) is 22.6. The van der Waals surface area contributed by atoms with Crippen molar-refractivity contribution in [1.29, 1.82) is 0 Å². The SMILES string of the molecule is O=C1CCCC(S(=O)(=O)c2ccc(C(F)(F)F)cc2)C1=O. The number of alkyl halides is 3. The van der Waals surface area contributed by atoms with Gasteiger partial charge in [-0.2, -0.15) is 13.2 Å². The smallest absolute Gasteiger partial charge is 0.291 e. The summed E-state index contributed by atoms with van der Waals surface area (Å²) in [5, 5.41) is -1.49. The van der Waals surface area contributed by atoms with Crippen molar-refractivity contribution < 1.29 is 31.2 Å². The summed E-state index contributed by atoms with van der Waals surface area (Å²) in [7, 11) is -4.14. The van der Waals surface area contributed by atoms with Crippen LogP contribution < -0.4 is 0 Å². The Bertz CT molecular complexity index is 674. The summed E-state index contributed by atoms with van der Waals surface area (Å²) < 4.78 is 61.8. The van der Waals surface area contributed by atoms with E-state index in [1.54, 1.807) is 0 Å². The van der Waals surface area contributed by atoms with Crippen LogP contribution in [0.5, 0.6) is 0 Å². The van der Waals surface area contributed by atoms with Crippen molar-refractivity contribution in [3.8, 4) is 0 Å². The molecule has 1 aliphatic rings. The molecule has 0 spiro atoms. The lowest BCUT2D eigenvalue weighted by Crippen LogP contribution is -2.38. The number of ketones is 2. The lowest BCUT2D eigenvalue weighted by molar-refractivity contribution is -0.137. The van der Waals surface area contributed by atoms with Crippen LogP contribution in [-0.4, -0.2) is 25.2 Å². The maximum Gasteiger partial charge on any atom is 0.416 e. The molecular formula is C13H11F3O4S. The molecule has 1 aromatic carbocycles. The average molecular weight is 320 g/mol. The van der Waals surface area contributed by atoms with Crippen LogP contribution >= 0.6 is 0 Å². The molecule has 1 saturated carbocycles. The zero-order valence-corrected chi connectivity index (χ0v) is 11.5. The minimum absolute atomic E-state index is 0.00787. The van der Waals surface area contributed by atoms with E-state index in [-0.39, 0.29) is 24.2 Å². The molecule has 0 saturated heterocycles. The van der Waals surface area contributed by atoms with E-state index in [1.807, 2.05) is 0 Å². The lowest BCUT2D eigenvalue weighted by atomic mass is 9.98. The van der Waals surface area contributed by atoms with Gasteiger partial charge in [0.05, 0.1) is 10.5 Å². The Morgan fingerprint density at radius 1 is 1.05 bits per heavy atom. The third kappa shape index (κ3) is 2.99. The lowest BCUT2D eigenvalue weighted by Gasteiger charge is -2.20. The highest BCUT2D eigenvalue weighted by Crippen LogP contribution is 2.31. The molecule has 0 aliphatic heterocycles. The van der Waals surface area contributed by atoms with Gasteiger partial charge in [0, 0.05) is 6.42 Å². The number of carbonyl (C=O) groups excluding carboxylic acids is 2. The highest BCUT2D eigenvalue weighted by atomic mass is 32.2. The van der Waals surface area contributed by atoms with Gasteiger partial charge in [0.25, 0.3) is 0 Å². The summed E-state index contributed by atoms with van der Waals surface area (Å²) >= 11 is 0. The molecule has 0 bridgehead atoms. The monoisotopic (exact) mass is 320 g/mol. The molecule has 1 fully saturated rings. The first kappa shape index (κ1) is 15.7. The third-order valence-corrected chi connectivity index (χ3v) is 5.45. The van der Waals surface area contributed by atoms with Gasteiger partial charge in [-0.05, 0) is 37.1 Å². The Hall–Kier alpha value is -1.70. The molecule has 0 amide bonds. The maximum atomic E-state index is 12.4. The first-order valence-corrected chi connectivity index (χ1v) is 7.67.